The number of amides is 1. The highest BCUT2D eigenvalue weighted by molar-refractivity contribution is 7.09. The lowest BCUT2D eigenvalue weighted by Crippen LogP contribution is -2.46. The van der Waals surface area contributed by atoms with Gasteiger partial charge in [0.05, 0.1) is 12.2 Å². The summed E-state index contributed by atoms with van der Waals surface area (Å²) >= 11 is 1.53. The molecule has 1 amide bonds. The summed E-state index contributed by atoms with van der Waals surface area (Å²) in [6.07, 6.45) is 2.01. The number of piperidine rings is 1. The van der Waals surface area contributed by atoms with Crippen molar-refractivity contribution < 1.29 is 4.79 Å². The van der Waals surface area contributed by atoms with Crippen LogP contribution in [0.2, 0.25) is 0 Å². The summed E-state index contributed by atoms with van der Waals surface area (Å²) < 4.78 is 1.81. The van der Waals surface area contributed by atoms with Crippen molar-refractivity contribution in [2.45, 2.75) is 38.8 Å². The van der Waals surface area contributed by atoms with Crippen molar-refractivity contribution in [3.63, 3.8) is 0 Å². The molecule has 0 aromatic carbocycles. The van der Waals surface area contributed by atoms with Crippen LogP contribution in [-0.4, -0.2) is 28.5 Å². The molecule has 1 saturated heterocycles. The zero-order chi connectivity index (χ0) is 17.4. The number of pyridine rings is 1. The first-order chi connectivity index (χ1) is 12.2. The van der Waals surface area contributed by atoms with Crippen LogP contribution in [0.25, 0.3) is 0 Å². The van der Waals surface area contributed by atoms with Crippen LogP contribution >= 0.6 is 11.3 Å². The number of nitrogens with one attached hydrogen (secondary N) is 2. The smallest absolute Gasteiger partial charge is 0.263 e. The fourth-order valence-corrected chi connectivity index (χ4v) is 4.62. The van der Waals surface area contributed by atoms with Gasteiger partial charge in [-0.15, -0.1) is 11.3 Å². The van der Waals surface area contributed by atoms with E-state index in [0.29, 0.717) is 24.9 Å². The minimum Gasteiger partial charge on any atom is -0.345 e. The van der Waals surface area contributed by atoms with E-state index in [1.165, 1.54) is 11.3 Å². The molecule has 2 N–H and O–H groups in total. The van der Waals surface area contributed by atoms with Crippen molar-refractivity contribution in [2.24, 2.45) is 5.92 Å². The number of rotatable bonds is 4. The maximum absolute atomic E-state index is 12.8. The summed E-state index contributed by atoms with van der Waals surface area (Å²) in [4.78, 5) is 29.7. The van der Waals surface area contributed by atoms with Crippen LogP contribution in [0.5, 0.6) is 0 Å². The van der Waals surface area contributed by atoms with Crippen LogP contribution in [-0.2, 0) is 19.5 Å². The monoisotopic (exact) mass is 358 g/mol. The van der Waals surface area contributed by atoms with E-state index in [2.05, 4.69) is 22.5 Å². The van der Waals surface area contributed by atoms with Gasteiger partial charge in [0.15, 0.2) is 0 Å². The molecule has 2 aromatic rings. The highest BCUT2D eigenvalue weighted by Crippen LogP contribution is 2.31. The first-order valence-corrected chi connectivity index (χ1v) is 9.69. The van der Waals surface area contributed by atoms with E-state index < -0.39 is 0 Å². The molecule has 0 saturated carbocycles. The summed E-state index contributed by atoms with van der Waals surface area (Å²) in [5.74, 6) is 0.535. The van der Waals surface area contributed by atoms with Crippen molar-refractivity contribution in [1.29, 1.82) is 0 Å². The molecule has 25 heavy (non-hydrogen) atoms. The van der Waals surface area contributed by atoms with Gasteiger partial charge >= 0.3 is 0 Å². The van der Waals surface area contributed by atoms with E-state index in [1.807, 2.05) is 16.0 Å². The molecule has 1 fully saturated rings. The van der Waals surface area contributed by atoms with Gasteiger partial charge < -0.3 is 15.2 Å². The van der Waals surface area contributed by atoms with Crippen LogP contribution < -0.4 is 16.2 Å². The third kappa shape index (κ3) is 3.14. The first-order valence-electron chi connectivity index (χ1n) is 8.81. The molecule has 6 nitrogen and oxygen atoms in total. The SMILES string of the molecule is CCc1csc(CNC(=O)c2ccc3n(c2=O)C[C@@H]2CNC[C@H]3C2)n1. The van der Waals surface area contributed by atoms with Gasteiger partial charge in [0.1, 0.15) is 10.6 Å². The van der Waals surface area contributed by atoms with E-state index in [-0.39, 0.29) is 17.0 Å². The Morgan fingerprint density at radius 2 is 2.32 bits per heavy atom. The molecule has 0 unspecified atom stereocenters. The summed E-state index contributed by atoms with van der Waals surface area (Å²) in [6.45, 7) is 4.97. The number of hydrogen-bond acceptors (Lipinski definition) is 5. The minimum atomic E-state index is -0.317. The molecule has 0 aliphatic carbocycles. The second-order valence-corrected chi connectivity index (χ2v) is 7.76. The Morgan fingerprint density at radius 3 is 3.12 bits per heavy atom. The lowest BCUT2D eigenvalue weighted by atomic mass is 9.84. The van der Waals surface area contributed by atoms with E-state index in [0.717, 1.165) is 42.3 Å². The zero-order valence-electron chi connectivity index (χ0n) is 14.2. The number of thiazole rings is 1. The second-order valence-electron chi connectivity index (χ2n) is 6.81. The Balaban J connectivity index is 1.53. The van der Waals surface area contributed by atoms with Crippen LogP contribution in [0.15, 0.2) is 22.3 Å². The maximum atomic E-state index is 12.8. The third-order valence-corrected chi connectivity index (χ3v) is 6.01. The molecule has 132 valence electrons. The van der Waals surface area contributed by atoms with Gasteiger partial charge in [-0.1, -0.05) is 6.92 Å². The molecular formula is C18H22N4O2S. The summed E-state index contributed by atoms with van der Waals surface area (Å²) in [5, 5.41) is 9.13. The molecule has 2 aromatic heterocycles. The number of aromatic nitrogens is 2. The molecule has 2 bridgehead atoms. The predicted molar refractivity (Wildman–Crippen MR) is 97.1 cm³/mol. The molecule has 0 radical (unpaired) electrons. The summed E-state index contributed by atoms with van der Waals surface area (Å²) in [5.41, 5.74) is 2.14. The minimum absolute atomic E-state index is 0.167. The molecular weight excluding hydrogens is 336 g/mol. The van der Waals surface area contributed by atoms with E-state index in [9.17, 15) is 9.59 Å². The Labute approximate surface area is 150 Å². The second kappa shape index (κ2) is 6.72. The molecule has 4 rings (SSSR count). The zero-order valence-corrected chi connectivity index (χ0v) is 15.1. The number of hydrogen-bond donors (Lipinski definition) is 2. The van der Waals surface area contributed by atoms with Crippen molar-refractivity contribution >= 4 is 17.2 Å². The molecule has 2 atom stereocenters. The van der Waals surface area contributed by atoms with Crippen LogP contribution in [0.1, 0.15) is 46.0 Å². The molecule has 7 heteroatoms. The van der Waals surface area contributed by atoms with Crippen molar-refractivity contribution in [3.8, 4) is 0 Å². The van der Waals surface area contributed by atoms with Gasteiger partial charge in [-0.2, -0.15) is 0 Å². The number of fused-ring (bicyclic) bond motifs is 4. The van der Waals surface area contributed by atoms with Crippen LogP contribution in [0.3, 0.4) is 0 Å². The molecule has 0 spiro atoms. The van der Waals surface area contributed by atoms with Gasteiger partial charge in [0.2, 0.25) is 0 Å². The van der Waals surface area contributed by atoms with E-state index >= 15 is 0 Å². The summed E-state index contributed by atoms with van der Waals surface area (Å²) in [6, 6.07) is 3.63. The lowest BCUT2D eigenvalue weighted by Gasteiger charge is -2.37. The topological polar surface area (TPSA) is 76.0 Å². The van der Waals surface area contributed by atoms with Crippen molar-refractivity contribution in [2.75, 3.05) is 13.1 Å². The molecule has 2 aliphatic heterocycles. The van der Waals surface area contributed by atoms with Gasteiger partial charge in [-0.3, -0.25) is 9.59 Å². The van der Waals surface area contributed by atoms with Crippen LogP contribution in [0.4, 0.5) is 0 Å². The average Bonchev–Trinajstić information content (AvgIpc) is 3.09. The Morgan fingerprint density at radius 1 is 1.44 bits per heavy atom. The fourth-order valence-electron chi connectivity index (χ4n) is 3.81. The van der Waals surface area contributed by atoms with Gasteiger partial charge in [-0.25, -0.2) is 4.98 Å². The summed E-state index contributed by atoms with van der Waals surface area (Å²) in [7, 11) is 0. The average molecular weight is 358 g/mol. The van der Waals surface area contributed by atoms with E-state index in [1.54, 1.807) is 6.07 Å². The quantitative estimate of drug-likeness (QED) is 0.869. The third-order valence-electron chi connectivity index (χ3n) is 5.11. The maximum Gasteiger partial charge on any atom is 0.263 e. The van der Waals surface area contributed by atoms with Crippen molar-refractivity contribution in [1.82, 2.24) is 20.2 Å². The number of nitrogens with zero attached hydrogens (tertiary/aromatic N) is 2. The molecule has 4 heterocycles. The van der Waals surface area contributed by atoms with Crippen molar-refractivity contribution in [3.05, 3.63) is 49.8 Å². The number of carbonyl (C=O) groups is 1. The normalized spacial score (nSPS) is 21.6. The Kier molecular flexibility index (Phi) is 4.43. The number of aryl methyl sites for hydroxylation is 1. The molecule has 2 aliphatic rings. The predicted octanol–water partition coefficient (Wildman–Crippen LogP) is 1.50. The largest absolute Gasteiger partial charge is 0.345 e. The van der Waals surface area contributed by atoms with Crippen LogP contribution in [0, 0.1) is 5.92 Å². The van der Waals surface area contributed by atoms with Gasteiger partial charge in [-0.05, 0) is 37.4 Å². The number of carbonyl (C=O) groups excluding carboxylic acids is 1. The van der Waals surface area contributed by atoms with E-state index in [4.69, 9.17) is 0 Å². The standard InChI is InChI=1S/C18H22N4O2S/c1-2-13-10-25-16(21-13)8-20-17(23)14-3-4-15-12-5-11(6-19-7-12)9-22(15)18(14)24/h3-4,10-12,19H,2,5-9H2,1H3,(H,20,23)/t11-,12+/m0/s1. The highest BCUT2D eigenvalue weighted by atomic mass is 32.1. The highest BCUT2D eigenvalue weighted by Gasteiger charge is 2.31. The van der Waals surface area contributed by atoms with Gasteiger partial charge in [0.25, 0.3) is 11.5 Å². The fraction of sp³-hybridized carbons (Fsp3) is 0.500. The Hall–Kier alpha value is -1.99. The lowest BCUT2D eigenvalue weighted by molar-refractivity contribution is 0.0948. The Bertz CT molecular complexity index is 857. The first kappa shape index (κ1) is 16.5. The van der Waals surface area contributed by atoms with Gasteiger partial charge in [0, 0.05) is 30.1 Å².